The van der Waals surface area contributed by atoms with E-state index in [4.69, 9.17) is 10.5 Å². The fourth-order valence-electron chi connectivity index (χ4n) is 2.37. The minimum Gasteiger partial charge on any atom is -0.373 e. The summed E-state index contributed by atoms with van der Waals surface area (Å²) < 4.78 is 7.27. The minimum atomic E-state index is -0.0677. The standard InChI is InChI=1S/C13H22N4O2/c1-4-12-11(7-16(3)15-12)13(18)17-6-10(5-14)19-8-9(17)2/h7,9-10H,4-6,8,14H2,1-3H3. The van der Waals surface area contributed by atoms with Crippen molar-refractivity contribution in [3.63, 3.8) is 0 Å². The highest BCUT2D eigenvalue weighted by Gasteiger charge is 2.31. The van der Waals surface area contributed by atoms with Gasteiger partial charge in [0, 0.05) is 26.3 Å². The Labute approximate surface area is 113 Å². The summed E-state index contributed by atoms with van der Waals surface area (Å²) in [6, 6.07) is 0.0696. The third-order valence-electron chi connectivity index (χ3n) is 3.50. The summed E-state index contributed by atoms with van der Waals surface area (Å²) >= 11 is 0. The number of carbonyl (C=O) groups is 1. The molecule has 2 atom stereocenters. The molecule has 1 aromatic heterocycles. The van der Waals surface area contributed by atoms with Crippen LogP contribution in [0.3, 0.4) is 0 Å². The molecule has 19 heavy (non-hydrogen) atoms. The van der Waals surface area contributed by atoms with Gasteiger partial charge in [-0.25, -0.2) is 0 Å². The number of carbonyl (C=O) groups excluding carboxylic acids is 1. The fraction of sp³-hybridized carbons (Fsp3) is 0.692. The topological polar surface area (TPSA) is 73.4 Å². The molecule has 0 saturated carbocycles. The molecule has 1 aromatic rings. The Morgan fingerprint density at radius 2 is 2.37 bits per heavy atom. The summed E-state index contributed by atoms with van der Waals surface area (Å²) in [6.45, 7) is 5.52. The number of nitrogens with zero attached hydrogens (tertiary/aromatic N) is 3. The highest BCUT2D eigenvalue weighted by atomic mass is 16.5. The molecule has 1 amide bonds. The maximum absolute atomic E-state index is 12.6. The van der Waals surface area contributed by atoms with Crippen molar-refractivity contribution < 1.29 is 9.53 Å². The van der Waals surface area contributed by atoms with E-state index in [2.05, 4.69) is 5.10 Å². The van der Waals surface area contributed by atoms with Crippen LogP contribution in [0.4, 0.5) is 0 Å². The van der Waals surface area contributed by atoms with Gasteiger partial charge in [0.1, 0.15) is 0 Å². The van der Waals surface area contributed by atoms with Crippen LogP contribution >= 0.6 is 0 Å². The van der Waals surface area contributed by atoms with Crippen molar-refractivity contribution in [1.82, 2.24) is 14.7 Å². The SMILES string of the molecule is CCc1nn(C)cc1C(=O)N1CC(CN)OCC1C. The zero-order valence-corrected chi connectivity index (χ0v) is 11.8. The second-order valence-corrected chi connectivity index (χ2v) is 5.01. The molecule has 1 saturated heterocycles. The quantitative estimate of drug-likeness (QED) is 0.846. The smallest absolute Gasteiger partial charge is 0.257 e. The molecule has 1 aliphatic heterocycles. The predicted molar refractivity (Wildman–Crippen MR) is 71.9 cm³/mol. The maximum atomic E-state index is 12.6. The van der Waals surface area contributed by atoms with E-state index in [1.165, 1.54) is 0 Å². The van der Waals surface area contributed by atoms with Crippen LogP contribution in [-0.2, 0) is 18.2 Å². The Balaban J connectivity index is 2.21. The van der Waals surface area contributed by atoms with E-state index in [9.17, 15) is 4.79 Å². The molecule has 6 nitrogen and oxygen atoms in total. The van der Waals surface area contributed by atoms with Gasteiger partial charge in [-0.3, -0.25) is 9.48 Å². The Morgan fingerprint density at radius 3 is 3.00 bits per heavy atom. The van der Waals surface area contributed by atoms with Crippen LogP contribution in [0.25, 0.3) is 0 Å². The molecular weight excluding hydrogens is 244 g/mol. The molecule has 6 heteroatoms. The van der Waals surface area contributed by atoms with Crippen molar-refractivity contribution in [2.24, 2.45) is 12.8 Å². The van der Waals surface area contributed by atoms with Crippen LogP contribution in [0.2, 0.25) is 0 Å². The van der Waals surface area contributed by atoms with E-state index in [0.717, 1.165) is 12.1 Å². The van der Waals surface area contributed by atoms with Gasteiger partial charge in [-0.05, 0) is 13.3 Å². The van der Waals surface area contributed by atoms with Gasteiger partial charge in [-0.15, -0.1) is 0 Å². The molecule has 1 aliphatic rings. The summed E-state index contributed by atoms with van der Waals surface area (Å²) in [7, 11) is 1.83. The molecule has 2 rings (SSSR count). The van der Waals surface area contributed by atoms with E-state index >= 15 is 0 Å². The lowest BCUT2D eigenvalue weighted by Crippen LogP contribution is -2.53. The highest BCUT2D eigenvalue weighted by Crippen LogP contribution is 2.17. The normalized spacial score (nSPS) is 23.7. The Hall–Kier alpha value is -1.40. The van der Waals surface area contributed by atoms with Crippen LogP contribution in [-0.4, -0.2) is 52.4 Å². The fourth-order valence-corrected chi connectivity index (χ4v) is 2.37. The van der Waals surface area contributed by atoms with Crippen molar-refractivity contribution >= 4 is 5.91 Å². The average molecular weight is 266 g/mol. The van der Waals surface area contributed by atoms with Gasteiger partial charge in [0.2, 0.25) is 0 Å². The number of morpholine rings is 1. The van der Waals surface area contributed by atoms with E-state index in [1.54, 1.807) is 10.9 Å². The number of amides is 1. The largest absolute Gasteiger partial charge is 0.373 e. The first-order valence-electron chi connectivity index (χ1n) is 6.72. The number of hydrogen-bond acceptors (Lipinski definition) is 4. The summed E-state index contributed by atoms with van der Waals surface area (Å²) in [5.41, 5.74) is 7.16. The average Bonchev–Trinajstić information content (AvgIpc) is 2.79. The second-order valence-electron chi connectivity index (χ2n) is 5.01. The minimum absolute atomic E-state index is 0.0270. The van der Waals surface area contributed by atoms with Gasteiger partial charge < -0.3 is 15.4 Å². The van der Waals surface area contributed by atoms with Crippen LogP contribution in [0.15, 0.2) is 6.20 Å². The lowest BCUT2D eigenvalue weighted by molar-refractivity contribution is -0.0426. The van der Waals surface area contributed by atoms with Gasteiger partial charge in [0.05, 0.1) is 30.0 Å². The number of ether oxygens (including phenoxy) is 1. The van der Waals surface area contributed by atoms with Crippen molar-refractivity contribution in [3.05, 3.63) is 17.5 Å². The molecule has 106 valence electrons. The van der Waals surface area contributed by atoms with Gasteiger partial charge in [0.15, 0.2) is 0 Å². The number of nitrogens with two attached hydrogens (primary N) is 1. The summed E-state index contributed by atoms with van der Waals surface area (Å²) in [6.07, 6.45) is 2.48. The number of hydrogen-bond donors (Lipinski definition) is 1. The summed E-state index contributed by atoms with van der Waals surface area (Å²) in [4.78, 5) is 14.5. The number of rotatable bonds is 3. The molecular formula is C13H22N4O2. The Kier molecular flexibility index (Phi) is 4.21. The first-order chi connectivity index (χ1) is 9.06. The van der Waals surface area contributed by atoms with Crippen molar-refractivity contribution in [1.29, 1.82) is 0 Å². The zero-order chi connectivity index (χ0) is 14.0. The lowest BCUT2D eigenvalue weighted by Gasteiger charge is -2.37. The molecule has 1 fully saturated rings. The molecule has 0 radical (unpaired) electrons. The second kappa shape index (κ2) is 5.71. The van der Waals surface area contributed by atoms with Gasteiger partial charge in [-0.2, -0.15) is 5.10 Å². The first-order valence-corrected chi connectivity index (χ1v) is 6.72. The zero-order valence-electron chi connectivity index (χ0n) is 11.8. The predicted octanol–water partition coefficient (Wildman–Crippen LogP) is 0.171. The molecule has 0 bridgehead atoms. The van der Waals surface area contributed by atoms with Crippen LogP contribution < -0.4 is 5.73 Å². The maximum Gasteiger partial charge on any atom is 0.257 e. The van der Waals surface area contributed by atoms with Crippen LogP contribution in [0.5, 0.6) is 0 Å². The van der Waals surface area contributed by atoms with Crippen LogP contribution in [0, 0.1) is 0 Å². The number of aryl methyl sites for hydroxylation is 2. The van der Waals surface area contributed by atoms with E-state index in [0.29, 0.717) is 25.3 Å². The molecule has 2 unspecified atom stereocenters. The molecule has 2 heterocycles. The third kappa shape index (κ3) is 2.79. The van der Waals surface area contributed by atoms with Crippen molar-refractivity contribution in [3.8, 4) is 0 Å². The van der Waals surface area contributed by atoms with Crippen LogP contribution in [0.1, 0.15) is 29.9 Å². The van der Waals surface area contributed by atoms with Crippen molar-refractivity contribution in [2.45, 2.75) is 32.4 Å². The van der Waals surface area contributed by atoms with Gasteiger partial charge in [0.25, 0.3) is 5.91 Å². The Morgan fingerprint density at radius 1 is 1.63 bits per heavy atom. The van der Waals surface area contributed by atoms with E-state index < -0.39 is 0 Å². The first kappa shape index (κ1) is 14.0. The Bertz CT molecular complexity index is 457. The molecule has 0 aromatic carbocycles. The highest BCUT2D eigenvalue weighted by molar-refractivity contribution is 5.95. The molecule has 0 spiro atoms. The molecule has 2 N–H and O–H groups in total. The van der Waals surface area contributed by atoms with E-state index in [1.807, 2.05) is 25.8 Å². The summed E-state index contributed by atoms with van der Waals surface area (Å²) in [5, 5.41) is 4.32. The lowest BCUT2D eigenvalue weighted by atomic mass is 10.1. The summed E-state index contributed by atoms with van der Waals surface area (Å²) in [5.74, 6) is 0.0270. The molecule has 0 aliphatic carbocycles. The number of aromatic nitrogens is 2. The van der Waals surface area contributed by atoms with Gasteiger partial charge in [-0.1, -0.05) is 6.92 Å². The van der Waals surface area contributed by atoms with Crippen molar-refractivity contribution in [2.75, 3.05) is 19.7 Å². The third-order valence-corrected chi connectivity index (χ3v) is 3.50. The monoisotopic (exact) mass is 266 g/mol. The van der Waals surface area contributed by atoms with E-state index in [-0.39, 0.29) is 18.1 Å². The van der Waals surface area contributed by atoms with Gasteiger partial charge >= 0.3 is 0 Å².